The van der Waals surface area contributed by atoms with Crippen LogP contribution in [0.25, 0.3) is 11.2 Å². The van der Waals surface area contributed by atoms with Crippen molar-refractivity contribution in [2.75, 3.05) is 6.54 Å². The van der Waals surface area contributed by atoms with Crippen LogP contribution in [-0.4, -0.2) is 38.6 Å². The maximum atomic E-state index is 11.8. The SMILES string of the molecule is CCC(C)C(O)CNC(=O)CCc1nc2ncccc2[nH]1. The van der Waals surface area contributed by atoms with E-state index < -0.39 is 6.10 Å². The number of aromatic amines is 1. The highest BCUT2D eigenvalue weighted by Crippen LogP contribution is 2.09. The molecule has 6 heteroatoms. The Labute approximate surface area is 124 Å². The molecule has 2 aromatic rings. The lowest BCUT2D eigenvalue weighted by molar-refractivity contribution is -0.121. The standard InChI is InChI=1S/C15H22N4O2/c1-3-10(2)12(20)9-17-14(21)7-6-13-18-11-5-4-8-16-15(11)19-13/h4-5,8,10,12,20H,3,6-7,9H2,1-2H3,(H,17,21)(H,16,18,19). The quantitative estimate of drug-likeness (QED) is 0.719. The van der Waals surface area contributed by atoms with Crippen LogP contribution >= 0.6 is 0 Å². The number of nitrogens with one attached hydrogen (secondary N) is 2. The van der Waals surface area contributed by atoms with Crippen molar-refractivity contribution >= 4 is 17.1 Å². The Morgan fingerprint density at radius 2 is 2.33 bits per heavy atom. The van der Waals surface area contributed by atoms with Gasteiger partial charge in [-0.05, 0) is 18.1 Å². The van der Waals surface area contributed by atoms with Gasteiger partial charge in [-0.25, -0.2) is 9.97 Å². The van der Waals surface area contributed by atoms with Gasteiger partial charge in [0.25, 0.3) is 0 Å². The number of hydrogen-bond acceptors (Lipinski definition) is 4. The van der Waals surface area contributed by atoms with E-state index in [4.69, 9.17) is 0 Å². The molecule has 21 heavy (non-hydrogen) atoms. The fraction of sp³-hybridized carbons (Fsp3) is 0.533. The molecule has 2 aromatic heterocycles. The van der Waals surface area contributed by atoms with Gasteiger partial charge in [-0.15, -0.1) is 0 Å². The number of pyridine rings is 1. The van der Waals surface area contributed by atoms with Crippen molar-refractivity contribution in [3.8, 4) is 0 Å². The number of nitrogens with zero attached hydrogens (tertiary/aromatic N) is 2. The number of aliphatic hydroxyl groups excluding tert-OH is 1. The Kier molecular flexibility index (Phi) is 5.27. The first-order valence-corrected chi connectivity index (χ1v) is 7.34. The zero-order chi connectivity index (χ0) is 15.2. The Morgan fingerprint density at radius 3 is 3.05 bits per heavy atom. The number of carbonyl (C=O) groups excluding carboxylic acids is 1. The van der Waals surface area contributed by atoms with Gasteiger partial charge in [0.1, 0.15) is 5.82 Å². The summed E-state index contributed by atoms with van der Waals surface area (Å²) in [6.07, 6.45) is 2.96. The normalized spacial score (nSPS) is 14.0. The molecule has 0 radical (unpaired) electrons. The van der Waals surface area contributed by atoms with Crippen LogP contribution in [0.2, 0.25) is 0 Å². The van der Waals surface area contributed by atoms with Crippen LogP contribution in [0.5, 0.6) is 0 Å². The van der Waals surface area contributed by atoms with Crippen molar-refractivity contribution in [1.29, 1.82) is 0 Å². The first-order chi connectivity index (χ1) is 10.1. The minimum Gasteiger partial charge on any atom is -0.391 e. The Hall–Kier alpha value is -1.95. The van der Waals surface area contributed by atoms with Gasteiger partial charge in [-0.3, -0.25) is 4.79 Å². The maximum Gasteiger partial charge on any atom is 0.220 e. The molecule has 0 fully saturated rings. The Balaban J connectivity index is 1.78. The largest absolute Gasteiger partial charge is 0.391 e. The van der Waals surface area contributed by atoms with Crippen molar-refractivity contribution in [3.05, 3.63) is 24.2 Å². The molecule has 2 unspecified atom stereocenters. The average molecular weight is 290 g/mol. The van der Waals surface area contributed by atoms with Crippen molar-refractivity contribution in [2.45, 2.75) is 39.2 Å². The van der Waals surface area contributed by atoms with Crippen LogP contribution in [0.15, 0.2) is 18.3 Å². The van der Waals surface area contributed by atoms with Crippen molar-refractivity contribution in [2.24, 2.45) is 5.92 Å². The molecule has 0 bridgehead atoms. The monoisotopic (exact) mass is 290 g/mol. The number of imidazole rings is 1. The molecule has 2 heterocycles. The third-order valence-corrected chi connectivity index (χ3v) is 3.70. The first-order valence-electron chi connectivity index (χ1n) is 7.34. The lowest BCUT2D eigenvalue weighted by Gasteiger charge is -2.17. The molecule has 0 saturated heterocycles. The minimum absolute atomic E-state index is 0.0780. The number of aryl methyl sites for hydroxylation is 1. The molecule has 6 nitrogen and oxygen atoms in total. The van der Waals surface area contributed by atoms with Gasteiger partial charge in [0.15, 0.2) is 5.65 Å². The van der Waals surface area contributed by atoms with Crippen LogP contribution in [-0.2, 0) is 11.2 Å². The molecule has 0 aliphatic rings. The third kappa shape index (κ3) is 4.26. The van der Waals surface area contributed by atoms with E-state index in [2.05, 4.69) is 20.3 Å². The molecule has 0 aliphatic carbocycles. The van der Waals surface area contributed by atoms with Crippen LogP contribution in [0.4, 0.5) is 0 Å². The summed E-state index contributed by atoms with van der Waals surface area (Å²) >= 11 is 0. The predicted molar refractivity (Wildman–Crippen MR) is 80.7 cm³/mol. The highest BCUT2D eigenvalue weighted by Gasteiger charge is 2.13. The van der Waals surface area contributed by atoms with Crippen molar-refractivity contribution in [3.63, 3.8) is 0 Å². The van der Waals surface area contributed by atoms with E-state index in [-0.39, 0.29) is 11.8 Å². The van der Waals surface area contributed by atoms with Crippen LogP contribution < -0.4 is 5.32 Å². The number of H-pyrrole nitrogens is 1. The predicted octanol–water partition coefficient (Wildman–Crippen LogP) is 1.41. The van der Waals surface area contributed by atoms with E-state index in [1.54, 1.807) is 6.20 Å². The van der Waals surface area contributed by atoms with E-state index >= 15 is 0 Å². The fourth-order valence-corrected chi connectivity index (χ4v) is 2.03. The van der Waals surface area contributed by atoms with E-state index in [0.29, 0.717) is 25.0 Å². The second kappa shape index (κ2) is 7.17. The second-order valence-electron chi connectivity index (χ2n) is 5.32. The summed E-state index contributed by atoms with van der Waals surface area (Å²) in [7, 11) is 0. The number of rotatable bonds is 7. The van der Waals surface area contributed by atoms with Gasteiger partial charge < -0.3 is 15.4 Å². The Morgan fingerprint density at radius 1 is 1.52 bits per heavy atom. The lowest BCUT2D eigenvalue weighted by Crippen LogP contribution is -2.35. The van der Waals surface area contributed by atoms with Crippen molar-refractivity contribution in [1.82, 2.24) is 20.3 Å². The van der Waals surface area contributed by atoms with Gasteiger partial charge >= 0.3 is 0 Å². The van der Waals surface area contributed by atoms with E-state index in [1.165, 1.54) is 0 Å². The van der Waals surface area contributed by atoms with Crippen LogP contribution in [0.3, 0.4) is 0 Å². The minimum atomic E-state index is -0.491. The lowest BCUT2D eigenvalue weighted by atomic mass is 10.0. The highest BCUT2D eigenvalue weighted by molar-refractivity contribution is 5.76. The van der Waals surface area contributed by atoms with Gasteiger partial charge in [-0.1, -0.05) is 20.3 Å². The molecule has 1 amide bonds. The Bertz CT molecular complexity index is 563. The number of aromatic nitrogens is 3. The molecular formula is C15H22N4O2. The van der Waals surface area contributed by atoms with E-state index in [9.17, 15) is 9.90 Å². The summed E-state index contributed by atoms with van der Waals surface area (Å²) in [5.74, 6) is 0.860. The zero-order valence-corrected chi connectivity index (χ0v) is 12.5. The zero-order valence-electron chi connectivity index (χ0n) is 12.5. The molecule has 0 aliphatic heterocycles. The first kappa shape index (κ1) is 15.4. The summed E-state index contributed by atoms with van der Waals surface area (Å²) < 4.78 is 0. The molecule has 0 spiro atoms. The summed E-state index contributed by atoms with van der Waals surface area (Å²) in [5.41, 5.74) is 1.54. The topological polar surface area (TPSA) is 90.9 Å². The number of hydrogen-bond donors (Lipinski definition) is 3. The summed E-state index contributed by atoms with van der Waals surface area (Å²) in [6.45, 7) is 4.29. The molecule has 114 valence electrons. The summed E-state index contributed by atoms with van der Waals surface area (Å²) in [5, 5.41) is 12.6. The van der Waals surface area contributed by atoms with E-state index in [0.717, 1.165) is 17.8 Å². The van der Waals surface area contributed by atoms with Crippen molar-refractivity contribution < 1.29 is 9.90 Å². The smallest absolute Gasteiger partial charge is 0.220 e. The van der Waals surface area contributed by atoms with E-state index in [1.807, 2.05) is 26.0 Å². The average Bonchev–Trinajstić information content (AvgIpc) is 2.92. The maximum absolute atomic E-state index is 11.8. The van der Waals surface area contributed by atoms with Gasteiger partial charge in [0.05, 0.1) is 11.6 Å². The number of carbonyl (C=O) groups is 1. The molecule has 2 atom stereocenters. The molecule has 0 saturated carbocycles. The number of amides is 1. The number of aliphatic hydroxyl groups is 1. The highest BCUT2D eigenvalue weighted by atomic mass is 16.3. The van der Waals surface area contributed by atoms with Gasteiger partial charge in [0.2, 0.25) is 5.91 Å². The molecular weight excluding hydrogens is 268 g/mol. The molecule has 0 aromatic carbocycles. The fourth-order valence-electron chi connectivity index (χ4n) is 2.03. The molecule has 2 rings (SSSR count). The second-order valence-corrected chi connectivity index (χ2v) is 5.32. The van der Waals surface area contributed by atoms with Gasteiger partial charge in [-0.2, -0.15) is 0 Å². The third-order valence-electron chi connectivity index (χ3n) is 3.70. The summed E-state index contributed by atoms with van der Waals surface area (Å²) in [6, 6.07) is 3.74. The number of fused-ring (bicyclic) bond motifs is 1. The molecule has 3 N–H and O–H groups in total. The summed E-state index contributed by atoms with van der Waals surface area (Å²) in [4.78, 5) is 23.4. The van der Waals surface area contributed by atoms with Gasteiger partial charge in [0, 0.05) is 25.6 Å². The van der Waals surface area contributed by atoms with Crippen LogP contribution in [0, 0.1) is 5.92 Å². The van der Waals surface area contributed by atoms with Crippen LogP contribution in [0.1, 0.15) is 32.5 Å².